The first-order valence-corrected chi connectivity index (χ1v) is 5.41. The second-order valence-corrected chi connectivity index (χ2v) is 3.94. The number of benzene rings is 1. The molecule has 0 bridgehead atoms. The summed E-state index contributed by atoms with van der Waals surface area (Å²) >= 11 is 0.714. The maximum absolute atomic E-state index is 13.4. The van der Waals surface area contributed by atoms with Gasteiger partial charge in [-0.3, -0.25) is 4.79 Å². The number of thioether (sulfide) groups is 1. The highest BCUT2D eigenvalue weighted by Gasteiger charge is 2.31. The Bertz CT molecular complexity index is 327. The van der Waals surface area contributed by atoms with E-state index in [9.17, 15) is 13.6 Å². The molecular weight excluding hydrogens is 222 g/mol. The number of carboxylic acids is 1. The van der Waals surface area contributed by atoms with Crippen LogP contribution in [-0.2, 0) is 10.7 Å². The first-order chi connectivity index (χ1) is 7.02. The fourth-order valence-corrected chi connectivity index (χ4v) is 1.73. The summed E-state index contributed by atoms with van der Waals surface area (Å²) in [4.78, 5) is 10.2. The van der Waals surface area contributed by atoms with Gasteiger partial charge in [0.1, 0.15) is 0 Å². The summed E-state index contributed by atoms with van der Waals surface area (Å²) in [5.41, 5.74) is -0.0807. The maximum atomic E-state index is 13.4. The maximum Gasteiger partial charge on any atom is 0.313 e. The minimum Gasteiger partial charge on any atom is -0.481 e. The van der Waals surface area contributed by atoms with E-state index >= 15 is 0 Å². The van der Waals surface area contributed by atoms with Crippen molar-refractivity contribution < 1.29 is 18.7 Å². The van der Waals surface area contributed by atoms with Crippen molar-refractivity contribution in [3.8, 4) is 0 Å². The SMILES string of the molecule is O=C(O)CSCC(F)(F)c1ccccc1. The van der Waals surface area contributed by atoms with Crippen LogP contribution in [0.2, 0.25) is 0 Å². The van der Waals surface area contributed by atoms with Gasteiger partial charge in [-0.05, 0) is 0 Å². The summed E-state index contributed by atoms with van der Waals surface area (Å²) in [5, 5.41) is 8.32. The van der Waals surface area contributed by atoms with E-state index in [4.69, 9.17) is 5.11 Å². The van der Waals surface area contributed by atoms with Crippen molar-refractivity contribution in [2.75, 3.05) is 11.5 Å². The zero-order valence-electron chi connectivity index (χ0n) is 7.82. The van der Waals surface area contributed by atoms with Gasteiger partial charge in [-0.15, -0.1) is 11.8 Å². The number of carboxylic acid groups (broad SMARTS) is 1. The van der Waals surface area contributed by atoms with Crippen LogP contribution in [0.25, 0.3) is 0 Å². The largest absolute Gasteiger partial charge is 0.481 e. The molecule has 2 nitrogen and oxygen atoms in total. The highest BCUT2D eigenvalue weighted by atomic mass is 32.2. The number of carbonyl (C=O) groups is 1. The van der Waals surface area contributed by atoms with Gasteiger partial charge in [0, 0.05) is 5.56 Å². The van der Waals surface area contributed by atoms with Gasteiger partial charge in [-0.2, -0.15) is 0 Å². The van der Waals surface area contributed by atoms with E-state index in [1.165, 1.54) is 24.3 Å². The Labute approximate surface area is 90.3 Å². The summed E-state index contributed by atoms with van der Waals surface area (Å²) in [5.74, 6) is -4.86. The number of alkyl halides is 2. The average molecular weight is 232 g/mol. The van der Waals surface area contributed by atoms with Crippen molar-refractivity contribution in [1.29, 1.82) is 0 Å². The molecule has 0 aliphatic carbocycles. The van der Waals surface area contributed by atoms with Gasteiger partial charge < -0.3 is 5.11 Å². The fraction of sp³-hybridized carbons (Fsp3) is 0.300. The van der Waals surface area contributed by atoms with Crippen LogP contribution in [-0.4, -0.2) is 22.6 Å². The minimum absolute atomic E-state index is 0.0807. The molecule has 5 heteroatoms. The minimum atomic E-state index is -2.97. The Balaban J connectivity index is 2.56. The molecule has 0 aliphatic rings. The van der Waals surface area contributed by atoms with Crippen LogP contribution >= 0.6 is 11.8 Å². The summed E-state index contributed by atoms with van der Waals surface area (Å²) in [6.45, 7) is 0. The second-order valence-electron chi connectivity index (χ2n) is 2.96. The number of hydrogen-bond acceptors (Lipinski definition) is 2. The van der Waals surface area contributed by atoms with Crippen LogP contribution in [0.4, 0.5) is 8.78 Å². The molecule has 15 heavy (non-hydrogen) atoms. The standard InChI is InChI=1S/C10H10F2O2S/c11-10(12,7-15-6-9(13)14)8-4-2-1-3-5-8/h1-5H,6-7H2,(H,13,14). The van der Waals surface area contributed by atoms with E-state index < -0.39 is 17.6 Å². The molecule has 1 aromatic rings. The van der Waals surface area contributed by atoms with Crippen LogP contribution in [0.5, 0.6) is 0 Å². The van der Waals surface area contributed by atoms with Gasteiger partial charge in [0.2, 0.25) is 0 Å². The van der Waals surface area contributed by atoms with E-state index in [0.29, 0.717) is 11.8 Å². The van der Waals surface area contributed by atoms with E-state index in [2.05, 4.69) is 0 Å². The van der Waals surface area contributed by atoms with Crippen LogP contribution in [0.15, 0.2) is 30.3 Å². The molecule has 0 saturated carbocycles. The molecule has 0 aromatic heterocycles. The topological polar surface area (TPSA) is 37.3 Å². The van der Waals surface area contributed by atoms with Gasteiger partial charge in [-0.25, -0.2) is 8.78 Å². The molecule has 0 saturated heterocycles. The number of halogens is 2. The molecule has 0 fully saturated rings. The van der Waals surface area contributed by atoms with Crippen molar-refractivity contribution >= 4 is 17.7 Å². The lowest BCUT2D eigenvalue weighted by atomic mass is 10.1. The molecule has 0 atom stereocenters. The van der Waals surface area contributed by atoms with Crippen molar-refractivity contribution in [2.24, 2.45) is 0 Å². The monoisotopic (exact) mass is 232 g/mol. The van der Waals surface area contributed by atoms with Crippen LogP contribution in [0.3, 0.4) is 0 Å². The molecule has 0 spiro atoms. The van der Waals surface area contributed by atoms with Crippen molar-refractivity contribution in [2.45, 2.75) is 5.92 Å². The van der Waals surface area contributed by atoms with Crippen molar-refractivity contribution in [3.05, 3.63) is 35.9 Å². The summed E-state index contributed by atoms with van der Waals surface area (Å²) in [6.07, 6.45) is 0. The highest BCUT2D eigenvalue weighted by Crippen LogP contribution is 2.31. The van der Waals surface area contributed by atoms with Gasteiger partial charge in [0.05, 0.1) is 11.5 Å². The molecule has 1 aromatic carbocycles. The molecule has 1 rings (SSSR count). The Morgan fingerprint density at radius 2 is 1.93 bits per heavy atom. The van der Waals surface area contributed by atoms with E-state index in [0.717, 1.165) is 0 Å². The molecule has 1 N–H and O–H groups in total. The predicted octanol–water partition coefficient (Wildman–Crippen LogP) is 2.60. The smallest absolute Gasteiger partial charge is 0.313 e. The van der Waals surface area contributed by atoms with Crippen LogP contribution in [0, 0.1) is 0 Å². The van der Waals surface area contributed by atoms with E-state index in [1.807, 2.05) is 0 Å². The fourth-order valence-electron chi connectivity index (χ4n) is 1.03. The second kappa shape index (κ2) is 5.11. The molecule has 0 amide bonds. The zero-order chi connectivity index (χ0) is 11.3. The zero-order valence-corrected chi connectivity index (χ0v) is 8.64. The van der Waals surface area contributed by atoms with Gasteiger partial charge in [-0.1, -0.05) is 30.3 Å². The molecule has 0 heterocycles. The lowest BCUT2D eigenvalue weighted by Crippen LogP contribution is -2.17. The highest BCUT2D eigenvalue weighted by molar-refractivity contribution is 7.99. The van der Waals surface area contributed by atoms with E-state index in [1.54, 1.807) is 6.07 Å². The van der Waals surface area contributed by atoms with Gasteiger partial charge in [0.25, 0.3) is 5.92 Å². The molecule has 0 unspecified atom stereocenters. The lowest BCUT2D eigenvalue weighted by Gasteiger charge is -2.15. The summed E-state index contributed by atoms with van der Waals surface area (Å²) < 4.78 is 26.8. The first-order valence-electron chi connectivity index (χ1n) is 4.25. The van der Waals surface area contributed by atoms with Crippen molar-refractivity contribution in [3.63, 3.8) is 0 Å². The number of aliphatic carboxylic acids is 1. The average Bonchev–Trinajstić information content (AvgIpc) is 2.18. The quantitative estimate of drug-likeness (QED) is 0.847. The Morgan fingerprint density at radius 3 is 2.47 bits per heavy atom. The van der Waals surface area contributed by atoms with Gasteiger partial charge >= 0.3 is 5.97 Å². The van der Waals surface area contributed by atoms with Crippen LogP contribution < -0.4 is 0 Å². The first kappa shape index (κ1) is 12.0. The summed E-state index contributed by atoms with van der Waals surface area (Å²) in [7, 11) is 0. The lowest BCUT2D eigenvalue weighted by molar-refractivity contribution is -0.133. The number of rotatable bonds is 5. The molecular formula is C10H10F2O2S. The Morgan fingerprint density at radius 1 is 1.33 bits per heavy atom. The number of hydrogen-bond donors (Lipinski definition) is 1. The van der Waals surface area contributed by atoms with Crippen molar-refractivity contribution in [1.82, 2.24) is 0 Å². The Kier molecular flexibility index (Phi) is 4.08. The Hall–Kier alpha value is -1.10. The third kappa shape index (κ3) is 3.87. The third-order valence-corrected chi connectivity index (χ3v) is 2.72. The third-order valence-electron chi connectivity index (χ3n) is 1.71. The molecule has 0 radical (unpaired) electrons. The molecule has 0 aliphatic heterocycles. The molecule has 82 valence electrons. The normalized spacial score (nSPS) is 11.3. The summed E-state index contributed by atoms with van der Waals surface area (Å²) in [6, 6.07) is 7.39. The van der Waals surface area contributed by atoms with Gasteiger partial charge in [0.15, 0.2) is 0 Å². The van der Waals surface area contributed by atoms with E-state index in [-0.39, 0.29) is 11.3 Å². The van der Waals surface area contributed by atoms with Crippen LogP contribution in [0.1, 0.15) is 5.56 Å². The predicted molar refractivity (Wildman–Crippen MR) is 55.3 cm³/mol.